The van der Waals surface area contributed by atoms with Crippen LogP contribution in [0.25, 0.3) is 0 Å². The molecule has 26 heavy (non-hydrogen) atoms. The van der Waals surface area contributed by atoms with Gasteiger partial charge in [-0.2, -0.15) is 0 Å². The number of rotatable bonds is 6. The topological polar surface area (TPSA) is 98.0 Å². The van der Waals surface area contributed by atoms with Gasteiger partial charge in [-0.25, -0.2) is 0 Å². The Hall–Kier alpha value is -2.49. The minimum atomic E-state index is -0.601. The number of halogens is 1. The molecular formula is C16H11ClN4O3S2. The molecule has 0 bridgehead atoms. The Labute approximate surface area is 161 Å². The zero-order chi connectivity index (χ0) is 18.5. The van der Waals surface area contributed by atoms with Crippen LogP contribution in [0.5, 0.6) is 0 Å². The Kier molecular flexibility index (Phi) is 5.82. The van der Waals surface area contributed by atoms with Crippen LogP contribution in [-0.2, 0) is 5.75 Å². The van der Waals surface area contributed by atoms with Crippen LogP contribution in [0.3, 0.4) is 0 Å². The maximum absolute atomic E-state index is 12.3. The van der Waals surface area contributed by atoms with E-state index in [2.05, 4.69) is 15.5 Å². The van der Waals surface area contributed by atoms with Crippen molar-refractivity contribution >= 4 is 51.4 Å². The largest absolute Gasteiger partial charge is 0.296 e. The average Bonchev–Trinajstić information content (AvgIpc) is 3.08. The maximum Gasteiger partial charge on any atom is 0.282 e. The third kappa shape index (κ3) is 4.37. The molecule has 0 aliphatic heterocycles. The predicted octanol–water partition coefficient (Wildman–Crippen LogP) is 4.64. The number of aromatic nitrogens is 2. The van der Waals surface area contributed by atoms with E-state index in [0.29, 0.717) is 15.1 Å². The molecule has 0 atom stereocenters. The Bertz CT molecular complexity index is 964. The number of nitro benzene ring substituents is 1. The Morgan fingerprint density at radius 2 is 1.92 bits per heavy atom. The summed E-state index contributed by atoms with van der Waals surface area (Å²) in [7, 11) is 0. The SMILES string of the molecule is O=C(Nc1nnc(SCc2ccccc2Cl)s1)c1ccccc1[N+](=O)[O-]. The Balaban J connectivity index is 1.66. The molecule has 3 aromatic rings. The van der Waals surface area contributed by atoms with Gasteiger partial charge >= 0.3 is 0 Å². The fourth-order valence-corrected chi connectivity index (χ4v) is 4.10. The fourth-order valence-electron chi connectivity index (χ4n) is 2.06. The summed E-state index contributed by atoms with van der Waals surface area (Å²) in [6.45, 7) is 0. The molecule has 0 saturated heterocycles. The molecule has 0 saturated carbocycles. The van der Waals surface area contributed by atoms with Crippen LogP contribution in [0.4, 0.5) is 10.8 Å². The van der Waals surface area contributed by atoms with E-state index in [0.717, 1.165) is 5.56 Å². The van der Waals surface area contributed by atoms with Crippen molar-refractivity contribution in [3.63, 3.8) is 0 Å². The summed E-state index contributed by atoms with van der Waals surface area (Å²) >= 11 is 8.75. The van der Waals surface area contributed by atoms with Crippen LogP contribution in [0, 0.1) is 10.1 Å². The first-order chi connectivity index (χ1) is 12.5. The molecule has 0 aliphatic rings. The molecule has 2 aromatic carbocycles. The molecule has 3 rings (SSSR count). The van der Waals surface area contributed by atoms with Gasteiger partial charge in [-0.1, -0.05) is 65.0 Å². The highest BCUT2D eigenvalue weighted by Gasteiger charge is 2.20. The van der Waals surface area contributed by atoms with Crippen LogP contribution in [-0.4, -0.2) is 21.0 Å². The predicted molar refractivity (Wildman–Crippen MR) is 102 cm³/mol. The van der Waals surface area contributed by atoms with E-state index in [-0.39, 0.29) is 16.4 Å². The highest BCUT2D eigenvalue weighted by molar-refractivity contribution is 8.00. The minimum Gasteiger partial charge on any atom is -0.296 e. The zero-order valence-corrected chi connectivity index (χ0v) is 15.5. The number of hydrogen-bond acceptors (Lipinski definition) is 7. The smallest absolute Gasteiger partial charge is 0.282 e. The summed E-state index contributed by atoms with van der Waals surface area (Å²) in [6, 6.07) is 13.2. The molecular weight excluding hydrogens is 396 g/mol. The molecule has 1 N–H and O–H groups in total. The first-order valence-electron chi connectivity index (χ1n) is 7.29. The lowest BCUT2D eigenvalue weighted by Gasteiger charge is -2.02. The molecule has 1 aromatic heterocycles. The second kappa shape index (κ2) is 8.26. The van der Waals surface area contributed by atoms with E-state index in [4.69, 9.17) is 11.6 Å². The van der Waals surface area contributed by atoms with E-state index >= 15 is 0 Å². The van der Waals surface area contributed by atoms with Crippen molar-refractivity contribution in [2.24, 2.45) is 0 Å². The van der Waals surface area contributed by atoms with E-state index in [1.54, 1.807) is 6.07 Å². The summed E-state index contributed by atoms with van der Waals surface area (Å²) in [5.74, 6) is 0.0166. The van der Waals surface area contributed by atoms with Crippen LogP contribution < -0.4 is 5.32 Å². The number of carbonyl (C=O) groups is 1. The average molecular weight is 407 g/mol. The molecule has 1 heterocycles. The summed E-state index contributed by atoms with van der Waals surface area (Å²) in [5, 5.41) is 22.4. The number of nitrogens with zero attached hydrogens (tertiary/aromatic N) is 3. The van der Waals surface area contributed by atoms with Crippen molar-refractivity contribution in [2.75, 3.05) is 5.32 Å². The monoisotopic (exact) mass is 406 g/mol. The van der Waals surface area contributed by atoms with Gasteiger partial charge in [0.2, 0.25) is 5.13 Å². The van der Waals surface area contributed by atoms with Gasteiger partial charge in [0.1, 0.15) is 5.56 Å². The number of hydrogen-bond donors (Lipinski definition) is 1. The molecule has 0 aliphatic carbocycles. The molecule has 0 spiro atoms. The molecule has 0 fully saturated rings. The van der Waals surface area contributed by atoms with Gasteiger partial charge in [-0.3, -0.25) is 20.2 Å². The number of para-hydroxylation sites is 1. The Morgan fingerprint density at radius 3 is 2.69 bits per heavy atom. The molecule has 132 valence electrons. The lowest BCUT2D eigenvalue weighted by molar-refractivity contribution is -0.385. The number of carbonyl (C=O) groups excluding carboxylic acids is 1. The second-order valence-electron chi connectivity index (χ2n) is 4.98. The van der Waals surface area contributed by atoms with Gasteiger partial charge in [0, 0.05) is 16.8 Å². The number of nitrogens with one attached hydrogen (secondary N) is 1. The van der Waals surface area contributed by atoms with Crippen molar-refractivity contribution in [1.82, 2.24) is 10.2 Å². The lowest BCUT2D eigenvalue weighted by Crippen LogP contribution is -2.13. The summed E-state index contributed by atoms with van der Waals surface area (Å²) < 4.78 is 0.655. The van der Waals surface area contributed by atoms with Gasteiger partial charge in [0.25, 0.3) is 11.6 Å². The van der Waals surface area contributed by atoms with Gasteiger partial charge in [-0.05, 0) is 17.7 Å². The van der Waals surface area contributed by atoms with Gasteiger partial charge in [0.05, 0.1) is 4.92 Å². The molecule has 1 amide bonds. The van der Waals surface area contributed by atoms with Gasteiger partial charge in [0.15, 0.2) is 4.34 Å². The standard InChI is InChI=1S/C16H11ClN4O3S2/c17-12-7-3-1-5-10(12)9-25-16-20-19-15(26-16)18-14(22)11-6-2-4-8-13(11)21(23)24/h1-8H,9H2,(H,18,19,22). The highest BCUT2D eigenvalue weighted by Crippen LogP contribution is 2.30. The summed E-state index contributed by atoms with van der Waals surface area (Å²) in [5.41, 5.74) is 0.681. The molecule has 7 nitrogen and oxygen atoms in total. The van der Waals surface area contributed by atoms with E-state index in [1.807, 2.05) is 24.3 Å². The zero-order valence-electron chi connectivity index (χ0n) is 13.1. The van der Waals surface area contributed by atoms with E-state index < -0.39 is 10.8 Å². The van der Waals surface area contributed by atoms with Gasteiger partial charge < -0.3 is 0 Å². The number of benzene rings is 2. The quantitative estimate of drug-likeness (QED) is 0.277. The van der Waals surface area contributed by atoms with E-state index in [9.17, 15) is 14.9 Å². The lowest BCUT2D eigenvalue weighted by atomic mass is 10.1. The van der Waals surface area contributed by atoms with Crippen molar-refractivity contribution in [2.45, 2.75) is 10.1 Å². The van der Waals surface area contributed by atoms with Crippen LogP contribution >= 0.6 is 34.7 Å². The fraction of sp³-hybridized carbons (Fsp3) is 0.0625. The first-order valence-corrected chi connectivity index (χ1v) is 9.47. The van der Waals surface area contributed by atoms with Crippen LogP contribution in [0.1, 0.15) is 15.9 Å². The Morgan fingerprint density at radius 1 is 1.19 bits per heavy atom. The highest BCUT2D eigenvalue weighted by atomic mass is 35.5. The molecule has 0 radical (unpaired) electrons. The van der Waals surface area contributed by atoms with Crippen LogP contribution in [0.15, 0.2) is 52.9 Å². The van der Waals surface area contributed by atoms with Crippen molar-refractivity contribution in [3.8, 4) is 0 Å². The van der Waals surface area contributed by atoms with Crippen molar-refractivity contribution in [1.29, 1.82) is 0 Å². The minimum absolute atomic E-state index is 0.0297. The summed E-state index contributed by atoms with van der Waals surface area (Å²) in [6.07, 6.45) is 0. The molecule has 10 heteroatoms. The van der Waals surface area contributed by atoms with Crippen molar-refractivity contribution in [3.05, 3.63) is 74.8 Å². The van der Waals surface area contributed by atoms with Gasteiger partial charge in [-0.15, -0.1) is 10.2 Å². The number of anilines is 1. The second-order valence-corrected chi connectivity index (χ2v) is 7.59. The van der Waals surface area contributed by atoms with Crippen molar-refractivity contribution < 1.29 is 9.72 Å². The first kappa shape index (κ1) is 18.3. The third-order valence-electron chi connectivity index (χ3n) is 3.28. The van der Waals surface area contributed by atoms with Crippen LogP contribution in [0.2, 0.25) is 5.02 Å². The summed E-state index contributed by atoms with van der Waals surface area (Å²) in [4.78, 5) is 22.7. The van der Waals surface area contributed by atoms with E-state index in [1.165, 1.54) is 41.3 Å². The normalized spacial score (nSPS) is 10.5. The number of thioether (sulfide) groups is 1. The third-order valence-corrected chi connectivity index (χ3v) is 5.67. The molecule has 0 unspecified atom stereocenters. The number of nitro groups is 1. The number of amides is 1. The maximum atomic E-state index is 12.3.